The molecule has 88 valence electrons. The van der Waals surface area contributed by atoms with Crippen LogP contribution in [0.5, 0.6) is 0 Å². The number of piperidine rings is 1. The minimum Gasteiger partial charge on any atom is -0.313 e. The maximum atomic E-state index is 3.57. The Morgan fingerprint density at radius 2 is 2.00 bits per heavy atom. The molecule has 0 spiro atoms. The van der Waals surface area contributed by atoms with Crippen LogP contribution in [0.4, 0.5) is 0 Å². The summed E-state index contributed by atoms with van der Waals surface area (Å²) in [6.45, 7) is 8.59. The molecule has 0 aliphatic carbocycles. The Bertz CT molecular complexity index is 195. The standard InChI is InChI=1S/C12H25N3/c1-11-9-15(8-4-6-13-11)12-5-3-7-14(2)10-12/h11-13H,3-10H2,1-2H3. The molecule has 2 heterocycles. The van der Waals surface area contributed by atoms with Gasteiger partial charge in [0.05, 0.1) is 0 Å². The zero-order chi connectivity index (χ0) is 10.7. The first-order valence-electron chi connectivity index (χ1n) is 6.41. The number of nitrogens with zero attached hydrogens (tertiary/aromatic N) is 2. The van der Waals surface area contributed by atoms with Crippen molar-refractivity contribution in [2.45, 2.75) is 38.3 Å². The van der Waals surface area contributed by atoms with Gasteiger partial charge in [0.2, 0.25) is 0 Å². The van der Waals surface area contributed by atoms with Crippen molar-refractivity contribution in [3.8, 4) is 0 Å². The topological polar surface area (TPSA) is 18.5 Å². The third-order valence-corrected chi connectivity index (χ3v) is 3.74. The van der Waals surface area contributed by atoms with Crippen molar-refractivity contribution >= 4 is 0 Å². The third kappa shape index (κ3) is 3.16. The average Bonchev–Trinajstić information content (AvgIpc) is 2.43. The van der Waals surface area contributed by atoms with Crippen LogP contribution in [0.3, 0.4) is 0 Å². The van der Waals surface area contributed by atoms with Crippen LogP contribution < -0.4 is 5.32 Å². The Morgan fingerprint density at radius 3 is 2.80 bits per heavy atom. The second-order valence-corrected chi connectivity index (χ2v) is 5.26. The third-order valence-electron chi connectivity index (χ3n) is 3.74. The largest absolute Gasteiger partial charge is 0.313 e. The van der Waals surface area contributed by atoms with Gasteiger partial charge in [-0.05, 0) is 52.9 Å². The van der Waals surface area contributed by atoms with E-state index in [1.165, 1.54) is 52.0 Å². The van der Waals surface area contributed by atoms with Crippen LogP contribution >= 0.6 is 0 Å². The fourth-order valence-electron chi connectivity index (χ4n) is 2.91. The Morgan fingerprint density at radius 1 is 1.13 bits per heavy atom. The lowest BCUT2D eigenvalue weighted by molar-refractivity contribution is 0.112. The molecule has 0 bridgehead atoms. The molecule has 2 aliphatic rings. The zero-order valence-electron chi connectivity index (χ0n) is 10.2. The summed E-state index contributed by atoms with van der Waals surface area (Å²) in [4.78, 5) is 5.19. The second-order valence-electron chi connectivity index (χ2n) is 5.26. The highest BCUT2D eigenvalue weighted by atomic mass is 15.2. The summed E-state index contributed by atoms with van der Waals surface area (Å²) < 4.78 is 0. The Labute approximate surface area is 93.8 Å². The van der Waals surface area contributed by atoms with E-state index in [4.69, 9.17) is 0 Å². The summed E-state index contributed by atoms with van der Waals surface area (Å²) >= 11 is 0. The molecule has 2 aliphatic heterocycles. The molecule has 0 aromatic rings. The first-order valence-corrected chi connectivity index (χ1v) is 6.41. The molecule has 1 N–H and O–H groups in total. The Kier molecular flexibility index (Phi) is 4.00. The summed E-state index contributed by atoms with van der Waals surface area (Å²) in [5, 5.41) is 3.57. The molecular weight excluding hydrogens is 186 g/mol. The van der Waals surface area contributed by atoms with Gasteiger partial charge in [-0.2, -0.15) is 0 Å². The Balaban J connectivity index is 1.89. The van der Waals surface area contributed by atoms with Crippen LogP contribution in [-0.2, 0) is 0 Å². The molecule has 2 atom stereocenters. The van der Waals surface area contributed by atoms with Gasteiger partial charge in [0.15, 0.2) is 0 Å². The molecule has 2 rings (SSSR count). The summed E-state index contributed by atoms with van der Waals surface area (Å²) in [6, 6.07) is 1.48. The molecule has 3 nitrogen and oxygen atoms in total. The molecule has 2 unspecified atom stereocenters. The molecule has 0 aromatic heterocycles. The van der Waals surface area contributed by atoms with Gasteiger partial charge in [0.1, 0.15) is 0 Å². The highest BCUT2D eigenvalue weighted by Crippen LogP contribution is 2.16. The number of nitrogens with one attached hydrogen (secondary N) is 1. The Hall–Kier alpha value is -0.120. The SMILES string of the molecule is CC1CN(C2CCCN(C)C2)CCCN1. The van der Waals surface area contributed by atoms with E-state index in [0.717, 1.165) is 6.04 Å². The summed E-state index contributed by atoms with van der Waals surface area (Å²) in [7, 11) is 2.26. The maximum absolute atomic E-state index is 3.57. The average molecular weight is 211 g/mol. The van der Waals surface area contributed by atoms with Crippen LogP contribution in [0.25, 0.3) is 0 Å². The summed E-state index contributed by atoms with van der Waals surface area (Å²) in [6.07, 6.45) is 4.08. The molecule has 0 amide bonds. The number of hydrogen-bond donors (Lipinski definition) is 1. The molecule has 3 heteroatoms. The molecule has 0 aromatic carbocycles. The molecule has 15 heavy (non-hydrogen) atoms. The number of hydrogen-bond acceptors (Lipinski definition) is 3. The fourth-order valence-corrected chi connectivity index (χ4v) is 2.91. The molecule has 0 saturated carbocycles. The van der Waals surface area contributed by atoms with Crippen molar-refractivity contribution in [2.24, 2.45) is 0 Å². The van der Waals surface area contributed by atoms with Gasteiger partial charge in [0.25, 0.3) is 0 Å². The van der Waals surface area contributed by atoms with Gasteiger partial charge < -0.3 is 10.2 Å². The van der Waals surface area contributed by atoms with E-state index in [0.29, 0.717) is 6.04 Å². The minimum absolute atomic E-state index is 0.666. The van der Waals surface area contributed by atoms with E-state index in [-0.39, 0.29) is 0 Å². The first-order chi connectivity index (χ1) is 7.25. The minimum atomic E-state index is 0.666. The smallest absolute Gasteiger partial charge is 0.0224 e. The highest BCUT2D eigenvalue weighted by Gasteiger charge is 2.25. The van der Waals surface area contributed by atoms with Gasteiger partial charge in [-0.1, -0.05) is 0 Å². The highest BCUT2D eigenvalue weighted by molar-refractivity contribution is 4.83. The second kappa shape index (κ2) is 5.28. The number of likely N-dealkylation sites (tertiary alicyclic amines) is 1. The quantitative estimate of drug-likeness (QED) is 0.691. The van der Waals surface area contributed by atoms with E-state index in [1.54, 1.807) is 0 Å². The van der Waals surface area contributed by atoms with E-state index in [9.17, 15) is 0 Å². The van der Waals surface area contributed by atoms with Crippen molar-refractivity contribution in [1.82, 2.24) is 15.1 Å². The normalized spacial score (nSPS) is 36.4. The lowest BCUT2D eigenvalue weighted by Gasteiger charge is -2.38. The van der Waals surface area contributed by atoms with Crippen LogP contribution in [0.1, 0.15) is 26.2 Å². The molecule has 0 radical (unpaired) electrons. The van der Waals surface area contributed by atoms with Crippen LogP contribution in [-0.4, -0.2) is 61.7 Å². The maximum Gasteiger partial charge on any atom is 0.0224 e. The van der Waals surface area contributed by atoms with Crippen LogP contribution in [0.2, 0.25) is 0 Å². The number of likely N-dealkylation sites (N-methyl/N-ethyl adjacent to an activating group) is 1. The van der Waals surface area contributed by atoms with Crippen molar-refractivity contribution in [3.05, 3.63) is 0 Å². The van der Waals surface area contributed by atoms with Gasteiger partial charge >= 0.3 is 0 Å². The lowest BCUT2D eigenvalue weighted by Crippen LogP contribution is -2.49. The van der Waals surface area contributed by atoms with E-state index < -0.39 is 0 Å². The van der Waals surface area contributed by atoms with Gasteiger partial charge in [-0.15, -0.1) is 0 Å². The number of rotatable bonds is 1. The van der Waals surface area contributed by atoms with E-state index in [2.05, 4.69) is 29.1 Å². The predicted octanol–water partition coefficient (Wildman–Crippen LogP) is 0.764. The van der Waals surface area contributed by atoms with Crippen molar-refractivity contribution in [1.29, 1.82) is 0 Å². The van der Waals surface area contributed by atoms with Crippen molar-refractivity contribution < 1.29 is 0 Å². The monoisotopic (exact) mass is 211 g/mol. The lowest BCUT2D eigenvalue weighted by atomic mass is 10.0. The van der Waals surface area contributed by atoms with Crippen molar-refractivity contribution in [3.63, 3.8) is 0 Å². The van der Waals surface area contributed by atoms with Gasteiger partial charge in [-0.25, -0.2) is 0 Å². The fraction of sp³-hybridized carbons (Fsp3) is 1.00. The van der Waals surface area contributed by atoms with Gasteiger partial charge in [-0.3, -0.25) is 4.90 Å². The zero-order valence-corrected chi connectivity index (χ0v) is 10.2. The van der Waals surface area contributed by atoms with E-state index >= 15 is 0 Å². The van der Waals surface area contributed by atoms with Crippen LogP contribution in [0, 0.1) is 0 Å². The van der Waals surface area contributed by atoms with Crippen molar-refractivity contribution in [2.75, 3.05) is 39.8 Å². The van der Waals surface area contributed by atoms with Crippen LogP contribution in [0.15, 0.2) is 0 Å². The molecule has 2 saturated heterocycles. The first kappa shape index (κ1) is 11.4. The molecule has 2 fully saturated rings. The summed E-state index contributed by atoms with van der Waals surface area (Å²) in [5.74, 6) is 0. The predicted molar refractivity (Wildman–Crippen MR) is 64.2 cm³/mol. The van der Waals surface area contributed by atoms with E-state index in [1.807, 2.05) is 0 Å². The van der Waals surface area contributed by atoms with Gasteiger partial charge in [0, 0.05) is 25.2 Å². The molecular formula is C12H25N3. The summed E-state index contributed by atoms with van der Waals surface area (Å²) in [5.41, 5.74) is 0.